The molecule has 2 N–H and O–H groups in total. The number of ketones is 1. The van der Waals surface area contributed by atoms with E-state index >= 15 is 0 Å². The Hall–Kier alpha value is -3.22. The third-order valence-corrected chi connectivity index (χ3v) is 5.49. The monoisotopic (exact) mass is 398 g/mol. The molecule has 4 rings (SSSR count). The van der Waals surface area contributed by atoms with Crippen molar-refractivity contribution in [1.82, 2.24) is 0 Å². The molecule has 1 aliphatic carbocycles. The number of halogens is 2. The maximum Gasteiger partial charge on any atom is 0.316 e. The van der Waals surface area contributed by atoms with Crippen LogP contribution >= 0.6 is 0 Å². The number of Topliss-reactive ketones (excluding diaryl/α,β-unsaturated/α-hetero) is 1. The molecule has 150 valence electrons. The Balaban J connectivity index is 1.91. The van der Waals surface area contributed by atoms with Gasteiger partial charge in [-0.15, -0.1) is 0 Å². The number of carbonyl (C=O) groups excluding carboxylic acids is 2. The molecule has 29 heavy (non-hydrogen) atoms. The van der Waals surface area contributed by atoms with Crippen LogP contribution in [-0.2, 0) is 14.3 Å². The van der Waals surface area contributed by atoms with Crippen LogP contribution < -0.4 is 10.6 Å². The maximum absolute atomic E-state index is 14.7. The van der Waals surface area contributed by atoms with Gasteiger partial charge in [-0.25, -0.2) is 8.78 Å². The number of benzene rings is 2. The van der Waals surface area contributed by atoms with Crippen molar-refractivity contribution in [1.29, 1.82) is 0 Å². The van der Waals surface area contributed by atoms with Gasteiger partial charge in [0.15, 0.2) is 5.78 Å². The number of ether oxygens (including phenoxy) is 1. The van der Waals surface area contributed by atoms with Crippen molar-refractivity contribution >= 4 is 23.1 Å². The fraction of sp³-hybridized carbons (Fsp3) is 0.273. The Morgan fingerprint density at radius 2 is 1.86 bits per heavy atom. The second-order valence-corrected chi connectivity index (χ2v) is 7.35. The highest BCUT2D eigenvalue weighted by Crippen LogP contribution is 2.44. The predicted molar refractivity (Wildman–Crippen MR) is 104 cm³/mol. The van der Waals surface area contributed by atoms with Crippen LogP contribution in [0.5, 0.6) is 0 Å². The number of hydrogen-bond acceptors (Lipinski definition) is 5. The Morgan fingerprint density at radius 1 is 1.14 bits per heavy atom. The number of rotatable bonds is 2. The van der Waals surface area contributed by atoms with Crippen LogP contribution in [0.15, 0.2) is 53.7 Å². The lowest BCUT2D eigenvalue weighted by Gasteiger charge is -2.32. The highest BCUT2D eigenvalue weighted by Gasteiger charge is 2.44. The summed E-state index contributed by atoms with van der Waals surface area (Å²) in [6.45, 7) is 1.80. The molecular formula is C22H20F2N2O3. The van der Waals surface area contributed by atoms with Crippen LogP contribution in [0.1, 0.15) is 24.9 Å². The SMILES string of the molecule is COC(=O)[C@H]1C(=O)C2=C(C[C@@H]1C)Nc1ccccc1N[C@@H]2c1cc(F)ccc1F. The third-order valence-electron chi connectivity index (χ3n) is 5.49. The minimum atomic E-state index is -0.998. The normalized spacial score (nSPS) is 23.3. The quantitative estimate of drug-likeness (QED) is 0.586. The molecule has 5 nitrogen and oxygen atoms in total. The molecule has 0 radical (unpaired) electrons. The molecule has 0 spiro atoms. The van der Waals surface area contributed by atoms with Crippen molar-refractivity contribution in [2.24, 2.45) is 11.8 Å². The minimum Gasteiger partial charge on any atom is -0.468 e. The van der Waals surface area contributed by atoms with E-state index in [0.29, 0.717) is 17.8 Å². The van der Waals surface area contributed by atoms with Gasteiger partial charge in [0.25, 0.3) is 0 Å². The molecule has 3 atom stereocenters. The summed E-state index contributed by atoms with van der Waals surface area (Å²) in [5, 5.41) is 6.43. The van der Waals surface area contributed by atoms with Crippen LogP contribution in [0.25, 0.3) is 0 Å². The average Bonchev–Trinajstić information content (AvgIpc) is 2.86. The summed E-state index contributed by atoms with van der Waals surface area (Å²) < 4.78 is 33.5. The Bertz CT molecular complexity index is 1030. The van der Waals surface area contributed by atoms with Gasteiger partial charge < -0.3 is 15.4 Å². The molecule has 2 aromatic carbocycles. The average molecular weight is 398 g/mol. The van der Waals surface area contributed by atoms with E-state index < -0.39 is 35.3 Å². The van der Waals surface area contributed by atoms with Crippen LogP contribution in [0.3, 0.4) is 0 Å². The van der Waals surface area contributed by atoms with E-state index in [1.54, 1.807) is 19.1 Å². The molecular weight excluding hydrogens is 378 g/mol. The highest BCUT2D eigenvalue weighted by atomic mass is 19.1. The molecule has 7 heteroatoms. The van der Waals surface area contributed by atoms with Crippen molar-refractivity contribution < 1.29 is 23.1 Å². The number of hydrogen-bond donors (Lipinski definition) is 2. The van der Waals surface area contributed by atoms with Gasteiger partial charge in [-0.2, -0.15) is 0 Å². The van der Waals surface area contributed by atoms with E-state index in [1.807, 2.05) is 12.1 Å². The summed E-state index contributed by atoms with van der Waals surface area (Å²) in [4.78, 5) is 25.7. The van der Waals surface area contributed by atoms with E-state index in [1.165, 1.54) is 7.11 Å². The second-order valence-electron chi connectivity index (χ2n) is 7.35. The van der Waals surface area contributed by atoms with Crippen molar-refractivity contribution in [3.05, 3.63) is 70.9 Å². The summed E-state index contributed by atoms with van der Waals surface area (Å²) in [6, 6.07) is 9.44. The Kier molecular flexibility index (Phi) is 4.82. The van der Waals surface area contributed by atoms with E-state index in [2.05, 4.69) is 10.6 Å². The highest BCUT2D eigenvalue weighted by molar-refractivity contribution is 6.11. The van der Waals surface area contributed by atoms with Crippen LogP contribution in [0, 0.1) is 23.5 Å². The smallest absolute Gasteiger partial charge is 0.316 e. The Morgan fingerprint density at radius 3 is 2.59 bits per heavy atom. The topological polar surface area (TPSA) is 67.4 Å². The van der Waals surface area contributed by atoms with Gasteiger partial charge in [-0.3, -0.25) is 9.59 Å². The molecule has 1 aliphatic heterocycles. The summed E-state index contributed by atoms with van der Waals surface area (Å²) in [6.07, 6.45) is 0.393. The zero-order valence-electron chi connectivity index (χ0n) is 16.0. The molecule has 0 bridgehead atoms. The Labute approximate surface area is 166 Å². The zero-order valence-corrected chi connectivity index (χ0v) is 16.0. The van der Waals surface area contributed by atoms with Crippen LogP contribution in [0.2, 0.25) is 0 Å². The predicted octanol–water partition coefficient (Wildman–Crippen LogP) is 4.20. The lowest BCUT2D eigenvalue weighted by atomic mass is 9.74. The standard InChI is InChI=1S/C22H20F2N2O3/c1-11-9-17-19(21(27)18(11)22(28)29-2)20(13-10-12(23)7-8-14(13)24)26-16-6-4-3-5-15(16)25-17/h3-8,10-11,18,20,25-26H,9H2,1-2H3/t11-,18+,20+/m0/s1. The van der Waals surface area contributed by atoms with E-state index in [9.17, 15) is 18.4 Å². The third kappa shape index (κ3) is 3.26. The first-order valence-electron chi connectivity index (χ1n) is 9.33. The molecule has 0 saturated carbocycles. The summed E-state index contributed by atoms with van der Waals surface area (Å²) in [5.74, 6) is -3.64. The van der Waals surface area contributed by atoms with Crippen molar-refractivity contribution in [3.63, 3.8) is 0 Å². The fourth-order valence-corrected chi connectivity index (χ4v) is 4.10. The van der Waals surface area contributed by atoms with Crippen LogP contribution in [0.4, 0.5) is 20.2 Å². The van der Waals surface area contributed by atoms with Gasteiger partial charge in [0.05, 0.1) is 24.5 Å². The molecule has 1 heterocycles. The number of methoxy groups -OCH3 is 1. The van der Waals surface area contributed by atoms with E-state index in [0.717, 1.165) is 23.9 Å². The summed E-state index contributed by atoms with van der Waals surface area (Å²) >= 11 is 0. The second kappa shape index (κ2) is 7.31. The van der Waals surface area contributed by atoms with Gasteiger partial charge in [-0.1, -0.05) is 19.1 Å². The number of carbonyl (C=O) groups is 2. The maximum atomic E-state index is 14.7. The minimum absolute atomic E-state index is 0.00234. The van der Waals surface area contributed by atoms with Gasteiger partial charge in [0, 0.05) is 16.8 Å². The first kappa shape index (κ1) is 19.1. The van der Waals surface area contributed by atoms with Gasteiger partial charge in [0.2, 0.25) is 0 Å². The fourth-order valence-electron chi connectivity index (χ4n) is 4.10. The van der Waals surface area contributed by atoms with Crippen molar-refractivity contribution in [2.45, 2.75) is 19.4 Å². The first-order valence-corrected chi connectivity index (χ1v) is 9.33. The molecule has 2 aromatic rings. The zero-order chi connectivity index (χ0) is 20.7. The largest absolute Gasteiger partial charge is 0.468 e. The molecule has 0 saturated heterocycles. The number of para-hydroxylation sites is 2. The van der Waals surface area contributed by atoms with E-state index in [-0.39, 0.29) is 17.1 Å². The summed E-state index contributed by atoms with van der Waals surface area (Å²) in [5.41, 5.74) is 2.18. The van der Waals surface area contributed by atoms with E-state index in [4.69, 9.17) is 4.74 Å². The van der Waals surface area contributed by atoms with Gasteiger partial charge >= 0.3 is 5.97 Å². The molecule has 0 aromatic heterocycles. The lowest BCUT2D eigenvalue weighted by molar-refractivity contribution is -0.151. The molecule has 0 unspecified atom stereocenters. The number of esters is 1. The van der Waals surface area contributed by atoms with Gasteiger partial charge in [-0.05, 0) is 42.7 Å². The number of fused-ring (bicyclic) bond motifs is 1. The number of nitrogens with one attached hydrogen (secondary N) is 2. The van der Waals surface area contributed by atoms with Gasteiger partial charge in [0.1, 0.15) is 17.6 Å². The summed E-state index contributed by atoms with van der Waals surface area (Å²) in [7, 11) is 1.23. The van der Waals surface area contributed by atoms with Crippen LogP contribution in [-0.4, -0.2) is 18.9 Å². The lowest BCUT2D eigenvalue weighted by Crippen LogP contribution is -2.39. The number of allylic oxidation sites excluding steroid dienone is 1. The van der Waals surface area contributed by atoms with Crippen molar-refractivity contribution in [2.75, 3.05) is 17.7 Å². The molecule has 2 aliphatic rings. The molecule has 0 amide bonds. The van der Waals surface area contributed by atoms with Crippen molar-refractivity contribution in [3.8, 4) is 0 Å². The number of anilines is 2. The first-order chi connectivity index (χ1) is 13.9. The molecule has 0 fully saturated rings.